The molecule has 3 nitrogen and oxygen atoms in total. The first-order valence-electron chi connectivity index (χ1n) is 3.96. The second-order valence-corrected chi connectivity index (χ2v) is 3.13. The van der Waals surface area contributed by atoms with Gasteiger partial charge < -0.3 is 10.4 Å². The Labute approximate surface area is 85.5 Å². The smallest absolute Gasteiger partial charge is 0.340 e. The van der Waals surface area contributed by atoms with Gasteiger partial charge in [0.2, 0.25) is 6.17 Å². The van der Waals surface area contributed by atoms with E-state index in [1.54, 1.807) is 24.3 Å². The standard InChI is InChI=1S/C9H9ClFNO2/c10-6-1-3-7(4-2-6)12-5-8(11)9(13)14/h1-4,8,12H,5H2,(H,13,14). The van der Waals surface area contributed by atoms with Crippen LogP contribution in [0.2, 0.25) is 5.02 Å². The molecule has 0 heterocycles. The number of carboxylic acids is 1. The fourth-order valence-electron chi connectivity index (χ4n) is 0.863. The SMILES string of the molecule is O=C(O)C(F)CNc1ccc(Cl)cc1. The third kappa shape index (κ3) is 3.22. The highest BCUT2D eigenvalue weighted by atomic mass is 35.5. The molecule has 0 amide bonds. The minimum Gasteiger partial charge on any atom is -0.479 e. The Balaban J connectivity index is 2.46. The van der Waals surface area contributed by atoms with E-state index in [-0.39, 0.29) is 6.54 Å². The number of hydrogen-bond acceptors (Lipinski definition) is 2. The first kappa shape index (κ1) is 10.8. The van der Waals surface area contributed by atoms with E-state index >= 15 is 0 Å². The molecule has 76 valence electrons. The van der Waals surface area contributed by atoms with Gasteiger partial charge in [0.15, 0.2) is 0 Å². The number of benzene rings is 1. The van der Waals surface area contributed by atoms with Crippen LogP contribution in [0.1, 0.15) is 0 Å². The molecule has 0 aliphatic heterocycles. The Morgan fingerprint density at radius 3 is 2.57 bits per heavy atom. The van der Waals surface area contributed by atoms with Crippen molar-refractivity contribution in [2.24, 2.45) is 0 Å². The zero-order valence-electron chi connectivity index (χ0n) is 7.21. The van der Waals surface area contributed by atoms with Crippen LogP contribution in [-0.2, 0) is 4.79 Å². The molecule has 0 spiro atoms. The van der Waals surface area contributed by atoms with Crippen molar-refractivity contribution in [1.82, 2.24) is 0 Å². The molecule has 1 atom stereocenters. The van der Waals surface area contributed by atoms with Gasteiger partial charge >= 0.3 is 5.97 Å². The predicted molar refractivity (Wildman–Crippen MR) is 52.5 cm³/mol. The minimum absolute atomic E-state index is 0.253. The Hall–Kier alpha value is -1.29. The van der Waals surface area contributed by atoms with Crippen LogP contribution in [0.5, 0.6) is 0 Å². The van der Waals surface area contributed by atoms with Crippen molar-refractivity contribution in [3.05, 3.63) is 29.3 Å². The molecule has 0 radical (unpaired) electrons. The highest BCUT2D eigenvalue weighted by molar-refractivity contribution is 6.30. The third-order valence-electron chi connectivity index (χ3n) is 1.60. The van der Waals surface area contributed by atoms with E-state index in [9.17, 15) is 9.18 Å². The minimum atomic E-state index is -1.90. The highest BCUT2D eigenvalue weighted by Gasteiger charge is 2.14. The van der Waals surface area contributed by atoms with Gasteiger partial charge in [-0.3, -0.25) is 0 Å². The molecule has 0 saturated heterocycles. The normalized spacial score (nSPS) is 12.1. The summed E-state index contributed by atoms with van der Waals surface area (Å²) in [7, 11) is 0. The molecular weight excluding hydrogens is 209 g/mol. The van der Waals surface area contributed by atoms with E-state index in [4.69, 9.17) is 16.7 Å². The highest BCUT2D eigenvalue weighted by Crippen LogP contribution is 2.13. The molecule has 0 aliphatic carbocycles. The van der Waals surface area contributed by atoms with Gasteiger partial charge in [-0.15, -0.1) is 0 Å². The van der Waals surface area contributed by atoms with Gasteiger partial charge in [0, 0.05) is 10.7 Å². The quantitative estimate of drug-likeness (QED) is 0.813. The van der Waals surface area contributed by atoms with Crippen molar-refractivity contribution in [3.8, 4) is 0 Å². The largest absolute Gasteiger partial charge is 0.479 e. The molecule has 0 fully saturated rings. The van der Waals surface area contributed by atoms with Crippen molar-refractivity contribution in [2.45, 2.75) is 6.17 Å². The van der Waals surface area contributed by atoms with Gasteiger partial charge in [0.1, 0.15) is 0 Å². The fraction of sp³-hybridized carbons (Fsp3) is 0.222. The van der Waals surface area contributed by atoms with E-state index in [0.717, 1.165) is 0 Å². The zero-order valence-corrected chi connectivity index (χ0v) is 7.96. The van der Waals surface area contributed by atoms with Crippen LogP contribution in [0, 0.1) is 0 Å². The van der Waals surface area contributed by atoms with E-state index in [1.807, 2.05) is 0 Å². The maximum absolute atomic E-state index is 12.6. The first-order valence-corrected chi connectivity index (χ1v) is 4.33. The number of halogens is 2. The number of hydrogen-bond donors (Lipinski definition) is 2. The molecule has 2 N–H and O–H groups in total. The molecule has 1 unspecified atom stereocenters. The van der Waals surface area contributed by atoms with Crippen LogP contribution in [0.3, 0.4) is 0 Å². The topological polar surface area (TPSA) is 49.3 Å². The van der Waals surface area contributed by atoms with Crippen molar-refractivity contribution in [2.75, 3.05) is 11.9 Å². The maximum atomic E-state index is 12.6. The summed E-state index contributed by atoms with van der Waals surface area (Å²) in [6.07, 6.45) is -1.90. The summed E-state index contributed by atoms with van der Waals surface area (Å²) in [6, 6.07) is 6.57. The van der Waals surface area contributed by atoms with E-state index in [2.05, 4.69) is 5.32 Å². The summed E-state index contributed by atoms with van der Waals surface area (Å²) >= 11 is 5.63. The first-order chi connectivity index (χ1) is 6.59. The molecular formula is C9H9ClFNO2. The summed E-state index contributed by atoms with van der Waals surface area (Å²) in [5.41, 5.74) is 0.637. The van der Waals surface area contributed by atoms with E-state index < -0.39 is 12.1 Å². The predicted octanol–water partition coefficient (Wildman–Crippen LogP) is 2.17. The van der Waals surface area contributed by atoms with E-state index in [0.29, 0.717) is 10.7 Å². The van der Waals surface area contributed by atoms with Crippen LogP contribution in [0.4, 0.5) is 10.1 Å². The number of carboxylic acid groups (broad SMARTS) is 1. The number of carbonyl (C=O) groups is 1. The Morgan fingerprint density at radius 1 is 1.50 bits per heavy atom. The zero-order chi connectivity index (χ0) is 10.6. The third-order valence-corrected chi connectivity index (χ3v) is 1.85. The summed E-state index contributed by atoms with van der Waals surface area (Å²) < 4.78 is 12.6. The second kappa shape index (κ2) is 4.81. The molecule has 1 aromatic rings. The Morgan fingerprint density at radius 2 is 2.07 bits per heavy atom. The van der Waals surface area contributed by atoms with Gasteiger partial charge in [-0.1, -0.05) is 11.6 Å². The van der Waals surface area contributed by atoms with Crippen molar-refractivity contribution in [3.63, 3.8) is 0 Å². The monoisotopic (exact) mass is 217 g/mol. The summed E-state index contributed by atoms with van der Waals surface area (Å²) in [5, 5.41) is 11.5. The number of nitrogens with one attached hydrogen (secondary N) is 1. The van der Waals surface area contributed by atoms with Gasteiger partial charge in [0.05, 0.1) is 6.54 Å². The van der Waals surface area contributed by atoms with Crippen molar-refractivity contribution >= 4 is 23.3 Å². The van der Waals surface area contributed by atoms with Gasteiger partial charge in [-0.2, -0.15) is 0 Å². The van der Waals surface area contributed by atoms with E-state index in [1.165, 1.54) is 0 Å². The van der Waals surface area contributed by atoms with Gasteiger partial charge in [-0.25, -0.2) is 9.18 Å². The average molecular weight is 218 g/mol. The van der Waals surface area contributed by atoms with Crippen molar-refractivity contribution < 1.29 is 14.3 Å². The molecule has 0 bridgehead atoms. The lowest BCUT2D eigenvalue weighted by Gasteiger charge is -2.06. The van der Waals surface area contributed by atoms with Crippen LogP contribution < -0.4 is 5.32 Å². The lowest BCUT2D eigenvalue weighted by Crippen LogP contribution is -2.23. The van der Waals surface area contributed by atoms with Crippen molar-refractivity contribution in [1.29, 1.82) is 0 Å². The molecule has 1 aromatic carbocycles. The fourth-order valence-corrected chi connectivity index (χ4v) is 0.988. The lowest BCUT2D eigenvalue weighted by atomic mass is 10.3. The van der Waals surface area contributed by atoms with Crippen LogP contribution >= 0.6 is 11.6 Å². The average Bonchev–Trinajstić information content (AvgIpc) is 2.16. The van der Waals surface area contributed by atoms with Crippen LogP contribution in [0.25, 0.3) is 0 Å². The van der Waals surface area contributed by atoms with Gasteiger partial charge in [0.25, 0.3) is 0 Å². The Bertz CT molecular complexity index is 315. The number of rotatable bonds is 4. The van der Waals surface area contributed by atoms with Gasteiger partial charge in [-0.05, 0) is 24.3 Å². The maximum Gasteiger partial charge on any atom is 0.340 e. The van der Waals surface area contributed by atoms with Crippen LogP contribution in [0.15, 0.2) is 24.3 Å². The summed E-state index contributed by atoms with van der Waals surface area (Å²) in [6.45, 7) is -0.253. The van der Waals surface area contributed by atoms with Crippen LogP contribution in [-0.4, -0.2) is 23.8 Å². The summed E-state index contributed by atoms with van der Waals surface area (Å²) in [4.78, 5) is 10.1. The molecule has 14 heavy (non-hydrogen) atoms. The Kier molecular flexibility index (Phi) is 3.71. The number of anilines is 1. The molecule has 1 rings (SSSR count). The summed E-state index contributed by atoms with van der Waals surface area (Å²) in [5.74, 6) is -1.47. The molecule has 5 heteroatoms. The number of alkyl halides is 1. The molecule has 0 aromatic heterocycles. The number of aliphatic carboxylic acids is 1. The lowest BCUT2D eigenvalue weighted by molar-refractivity contribution is -0.142. The molecule has 0 saturated carbocycles. The molecule has 0 aliphatic rings. The second-order valence-electron chi connectivity index (χ2n) is 2.69.